The third-order valence-electron chi connectivity index (χ3n) is 4.17. The van der Waals surface area contributed by atoms with Crippen LogP contribution in [0.2, 0.25) is 0 Å². The molecule has 0 spiro atoms. The zero-order valence-corrected chi connectivity index (χ0v) is 16.9. The van der Waals surface area contributed by atoms with Gasteiger partial charge in [0.15, 0.2) is 12.4 Å². The van der Waals surface area contributed by atoms with Gasteiger partial charge in [-0.15, -0.1) is 0 Å². The normalized spacial score (nSPS) is 11.6. The van der Waals surface area contributed by atoms with Gasteiger partial charge in [-0.05, 0) is 42.7 Å². The SMILES string of the molecule is CSCCC(NC(=O)c1ccccc1)C(=O)OCc1cnc(-c2ccccc2)o1. The van der Waals surface area contributed by atoms with E-state index >= 15 is 0 Å². The van der Waals surface area contributed by atoms with Crippen LogP contribution < -0.4 is 5.32 Å². The molecule has 0 aliphatic carbocycles. The number of nitrogens with one attached hydrogen (secondary N) is 1. The Labute approximate surface area is 173 Å². The molecular formula is C22H22N2O4S. The molecular weight excluding hydrogens is 388 g/mol. The highest BCUT2D eigenvalue weighted by atomic mass is 32.2. The van der Waals surface area contributed by atoms with Crippen molar-refractivity contribution in [2.45, 2.75) is 19.1 Å². The summed E-state index contributed by atoms with van der Waals surface area (Å²) in [6.07, 6.45) is 3.96. The molecule has 0 radical (unpaired) electrons. The number of hydrogen-bond donors (Lipinski definition) is 1. The minimum atomic E-state index is -0.730. The average Bonchev–Trinajstić information content (AvgIpc) is 3.25. The molecule has 3 rings (SSSR count). The third kappa shape index (κ3) is 5.96. The molecule has 150 valence electrons. The van der Waals surface area contributed by atoms with Gasteiger partial charge >= 0.3 is 5.97 Å². The van der Waals surface area contributed by atoms with Crippen molar-refractivity contribution >= 4 is 23.6 Å². The molecule has 2 aromatic carbocycles. The van der Waals surface area contributed by atoms with Gasteiger partial charge in [0.25, 0.3) is 5.91 Å². The van der Waals surface area contributed by atoms with Crippen molar-refractivity contribution in [2.75, 3.05) is 12.0 Å². The van der Waals surface area contributed by atoms with Crippen LogP contribution >= 0.6 is 11.8 Å². The number of aromatic nitrogens is 1. The number of benzene rings is 2. The fourth-order valence-corrected chi connectivity index (χ4v) is 3.12. The van der Waals surface area contributed by atoms with E-state index in [0.717, 1.165) is 11.3 Å². The predicted molar refractivity (Wildman–Crippen MR) is 112 cm³/mol. The van der Waals surface area contributed by atoms with E-state index < -0.39 is 12.0 Å². The van der Waals surface area contributed by atoms with Gasteiger partial charge in [0, 0.05) is 11.1 Å². The lowest BCUT2D eigenvalue weighted by atomic mass is 10.1. The number of amides is 1. The van der Waals surface area contributed by atoms with Crippen LogP contribution in [0.15, 0.2) is 71.3 Å². The Balaban J connectivity index is 1.60. The quantitative estimate of drug-likeness (QED) is 0.538. The smallest absolute Gasteiger partial charge is 0.329 e. The Morgan fingerprint density at radius 3 is 2.48 bits per heavy atom. The summed E-state index contributed by atoms with van der Waals surface area (Å²) in [6, 6.07) is 17.5. The van der Waals surface area contributed by atoms with Crippen molar-refractivity contribution in [1.82, 2.24) is 10.3 Å². The molecule has 0 aliphatic heterocycles. The molecule has 1 aromatic heterocycles. The van der Waals surface area contributed by atoms with Crippen molar-refractivity contribution in [3.8, 4) is 11.5 Å². The number of carbonyl (C=O) groups excluding carboxylic acids is 2. The molecule has 3 aromatic rings. The Morgan fingerprint density at radius 2 is 1.79 bits per heavy atom. The Kier molecular flexibility index (Phi) is 7.47. The number of carbonyl (C=O) groups is 2. The van der Waals surface area contributed by atoms with Crippen molar-refractivity contribution in [2.24, 2.45) is 0 Å². The summed E-state index contributed by atoms with van der Waals surface area (Å²) in [4.78, 5) is 29.2. The molecule has 0 bridgehead atoms. The van der Waals surface area contributed by atoms with Gasteiger partial charge in [-0.25, -0.2) is 9.78 Å². The summed E-state index contributed by atoms with van der Waals surface area (Å²) in [6.45, 7) is -0.0460. The molecule has 1 heterocycles. The van der Waals surface area contributed by atoms with Gasteiger partial charge in [0.2, 0.25) is 5.89 Å². The van der Waals surface area contributed by atoms with Crippen LogP contribution in [0.25, 0.3) is 11.5 Å². The number of ether oxygens (including phenoxy) is 1. The molecule has 0 saturated carbocycles. The molecule has 1 N–H and O–H groups in total. The van der Waals surface area contributed by atoms with E-state index in [1.165, 1.54) is 6.20 Å². The molecule has 0 fully saturated rings. The maximum Gasteiger partial charge on any atom is 0.329 e. The fraction of sp³-hybridized carbons (Fsp3) is 0.227. The summed E-state index contributed by atoms with van der Waals surface area (Å²) in [7, 11) is 0. The Hall–Kier alpha value is -3.06. The number of nitrogens with zero attached hydrogens (tertiary/aromatic N) is 1. The third-order valence-corrected chi connectivity index (χ3v) is 4.81. The number of hydrogen-bond acceptors (Lipinski definition) is 6. The number of thioether (sulfide) groups is 1. The van der Waals surface area contributed by atoms with Crippen LogP contribution in [0.1, 0.15) is 22.5 Å². The highest BCUT2D eigenvalue weighted by Gasteiger charge is 2.23. The van der Waals surface area contributed by atoms with Crippen molar-refractivity contribution in [1.29, 1.82) is 0 Å². The highest BCUT2D eigenvalue weighted by Crippen LogP contribution is 2.19. The number of esters is 1. The maximum absolute atomic E-state index is 12.6. The van der Waals surface area contributed by atoms with Gasteiger partial charge in [-0.2, -0.15) is 11.8 Å². The van der Waals surface area contributed by atoms with E-state index in [9.17, 15) is 9.59 Å². The summed E-state index contributed by atoms with van der Waals surface area (Å²) in [5.74, 6) is 0.818. The van der Waals surface area contributed by atoms with Crippen molar-refractivity contribution < 1.29 is 18.7 Å². The molecule has 6 nitrogen and oxygen atoms in total. The van der Waals surface area contributed by atoms with Gasteiger partial charge < -0.3 is 14.5 Å². The van der Waals surface area contributed by atoms with E-state index in [4.69, 9.17) is 9.15 Å². The predicted octanol–water partition coefficient (Wildman–Crippen LogP) is 3.94. The molecule has 0 saturated heterocycles. The summed E-state index contributed by atoms with van der Waals surface area (Å²) < 4.78 is 11.0. The van der Waals surface area contributed by atoms with Crippen LogP contribution in [-0.4, -0.2) is 34.9 Å². The first-order chi connectivity index (χ1) is 14.2. The van der Waals surface area contributed by atoms with Gasteiger partial charge in [0.05, 0.1) is 6.20 Å². The molecule has 1 amide bonds. The minimum Gasteiger partial charge on any atom is -0.456 e. The second kappa shape index (κ2) is 10.5. The standard InChI is InChI=1S/C22H22N2O4S/c1-29-13-12-19(24-20(25)16-8-4-2-5-9-16)22(26)27-15-18-14-23-21(28-18)17-10-6-3-7-11-17/h2-11,14,19H,12-13,15H2,1H3,(H,24,25). The van der Waals surface area contributed by atoms with Gasteiger partial charge in [-0.1, -0.05) is 36.4 Å². The highest BCUT2D eigenvalue weighted by molar-refractivity contribution is 7.98. The monoisotopic (exact) mass is 410 g/mol. The molecule has 1 unspecified atom stereocenters. The van der Waals surface area contributed by atoms with Crippen LogP contribution in [0.3, 0.4) is 0 Å². The lowest BCUT2D eigenvalue weighted by molar-refractivity contribution is -0.147. The number of oxazole rings is 1. The van der Waals surface area contributed by atoms with Crippen LogP contribution in [0.4, 0.5) is 0 Å². The number of rotatable bonds is 9. The summed E-state index contributed by atoms with van der Waals surface area (Å²) in [5.41, 5.74) is 1.34. The summed E-state index contributed by atoms with van der Waals surface area (Å²) >= 11 is 1.60. The fourth-order valence-electron chi connectivity index (χ4n) is 2.65. The topological polar surface area (TPSA) is 81.4 Å². The Bertz CT molecular complexity index is 928. The summed E-state index contributed by atoms with van der Waals surface area (Å²) in [5, 5.41) is 2.76. The van der Waals surface area contributed by atoms with Gasteiger partial charge in [-0.3, -0.25) is 4.79 Å². The largest absolute Gasteiger partial charge is 0.456 e. The lowest BCUT2D eigenvalue weighted by Gasteiger charge is -2.17. The van der Waals surface area contributed by atoms with E-state index in [2.05, 4.69) is 10.3 Å². The van der Waals surface area contributed by atoms with Crippen LogP contribution in [0, 0.1) is 0 Å². The average molecular weight is 410 g/mol. The van der Waals surface area contributed by atoms with Crippen molar-refractivity contribution in [3.63, 3.8) is 0 Å². The Morgan fingerprint density at radius 1 is 1.10 bits per heavy atom. The van der Waals surface area contributed by atoms with Crippen molar-refractivity contribution in [3.05, 3.63) is 78.2 Å². The zero-order chi connectivity index (χ0) is 20.5. The van der Waals surface area contributed by atoms with E-state index in [0.29, 0.717) is 23.6 Å². The first-order valence-corrected chi connectivity index (χ1v) is 10.6. The maximum atomic E-state index is 12.6. The molecule has 1 atom stereocenters. The zero-order valence-electron chi connectivity index (χ0n) is 16.0. The first kappa shape index (κ1) is 20.7. The second-order valence-electron chi connectivity index (χ2n) is 6.28. The van der Waals surface area contributed by atoms with E-state index in [1.807, 2.05) is 42.7 Å². The van der Waals surface area contributed by atoms with E-state index in [-0.39, 0.29) is 12.5 Å². The molecule has 7 heteroatoms. The first-order valence-electron chi connectivity index (χ1n) is 9.19. The molecule has 29 heavy (non-hydrogen) atoms. The van der Waals surface area contributed by atoms with Gasteiger partial charge in [0.1, 0.15) is 6.04 Å². The van der Waals surface area contributed by atoms with Crippen LogP contribution in [-0.2, 0) is 16.1 Å². The second-order valence-corrected chi connectivity index (χ2v) is 7.26. The minimum absolute atomic E-state index is 0.0460. The van der Waals surface area contributed by atoms with Crippen LogP contribution in [0.5, 0.6) is 0 Å². The van der Waals surface area contributed by atoms with E-state index in [1.54, 1.807) is 36.0 Å². The lowest BCUT2D eigenvalue weighted by Crippen LogP contribution is -2.42. The molecule has 0 aliphatic rings.